The third-order valence-corrected chi connectivity index (χ3v) is 19.9. The normalized spacial score (nSPS) is 11.2. The predicted octanol–water partition coefficient (Wildman–Crippen LogP) is 25.1. The van der Waals surface area contributed by atoms with E-state index in [0.29, 0.717) is 51.6 Å². The fraction of sp³-hybridized carbons (Fsp3) is 0. The molecule has 105 heavy (non-hydrogen) atoms. The smallest absolute Gasteiger partial charge is 0.238 e. The predicted molar refractivity (Wildman–Crippen MR) is 422 cm³/mol. The minimum atomic E-state index is 0.370. The number of hydrogen-bond donors (Lipinski definition) is 0. The lowest BCUT2D eigenvalue weighted by atomic mass is 9.99. The number of para-hydroxylation sites is 2. The van der Waals surface area contributed by atoms with Crippen LogP contribution in [0.1, 0.15) is 5.56 Å². The van der Waals surface area contributed by atoms with Crippen LogP contribution in [0.15, 0.2) is 303 Å². The van der Waals surface area contributed by atoms with Crippen molar-refractivity contribution in [2.45, 2.75) is 0 Å². The maximum atomic E-state index is 9.82. The zero-order valence-corrected chi connectivity index (χ0v) is 55.7. The van der Waals surface area contributed by atoms with Gasteiger partial charge in [-0.3, -0.25) is 4.57 Å². The molecule has 12 heteroatoms. The molecule has 0 spiro atoms. The fourth-order valence-corrected chi connectivity index (χ4v) is 14.7. The number of hydrogen-bond acceptors (Lipinski definition) is 4. The molecule has 0 saturated carbocycles. The lowest BCUT2D eigenvalue weighted by Gasteiger charge is -2.17. The highest BCUT2D eigenvalue weighted by molar-refractivity contribution is 6.15. The lowest BCUT2D eigenvalue weighted by Crippen LogP contribution is -2.09. The van der Waals surface area contributed by atoms with Crippen molar-refractivity contribution in [3.8, 4) is 113 Å². The van der Waals surface area contributed by atoms with Crippen molar-refractivity contribution in [3.63, 3.8) is 0 Å². The molecule has 0 atom stereocenters. The number of benzene rings is 14. The van der Waals surface area contributed by atoms with Crippen LogP contribution in [0, 0.1) is 44.2 Å². The molecule has 4 aromatic heterocycles. The van der Waals surface area contributed by atoms with Gasteiger partial charge in [0.15, 0.2) is 40.1 Å². The summed E-state index contributed by atoms with van der Waals surface area (Å²) >= 11 is 0. The molecule has 0 amide bonds. The van der Waals surface area contributed by atoms with Crippen LogP contribution in [-0.4, -0.2) is 28.7 Å². The van der Waals surface area contributed by atoms with E-state index in [4.69, 9.17) is 47.8 Å². The summed E-state index contributed by atoms with van der Waals surface area (Å²) in [5.74, 6) is 1.19. The van der Waals surface area contributed by atoms with Crippen molar-refractivity contribution >= 4 is 93.9 Å². The van der Waals surface area contributed by atoms with Crippen LogP contribution >= 0.6 is 0 Å². The number of fused-ring (bicyclic) bond motifs is 9. The molecule has 0 fully saturated rings. The van der Waals surface area contributed by atoms with Gasteiger partial charge in [0.25, 0.3) is 0 Å². The highest BCUT2D eigenvalue weighted by Gasteiger charge is 2.26. The molecular weight excluding hydrogens is 1290 g/mol. The standard InChI is InChI=1S/C93H50N12/c1-95-70-34-18-59(19-35-70)65-28-44-85-77(50-65)78-51-66(60-20-36-71(96-2)37-21-60)29-45-86(78)103(85)83-12-8-6-10-75(83)91-100-92(102-93(101-91)105-89-48-32-64(58-16-14-57(56-94)15-17-58)54-81(89)82-55-69(33-49-90(82)105)63-26-42-74(99-5)43-27-63)76-11-7-9-13-84(76)104-87-46-30-67(61-22-38-72(97-3)39-23-61)52-79(87)80-53-68(31-47-88(80)104)62-24-40-73(98-4)41-25-62/h6-55H. The van der Waals surface area contributed by atoms with Gasteiger partial charge in [0, 0.05) is 43.4 Å². The molecule has 18 aromatic rings. The van der Waals surface area contributed by atoms with Crippen molar-refractivity contribution in [2.24, 2.45) is 0 Å². The highest BCUT2D eigenvalue weighted by Crippen LogP contribution is 2.45. The Hall–Kier alpha value is -15.6. The summed E-state index contributed by atoms with van der Waals surface area (Å²) in [6.45, 7) is 38.5. The van der Waals surface area contributed by atoms with E-state index in [1.807, 2.05) is 170 Å². The van der Waals surface area contributed by atoms with Crippen molar-refractivity contribution in [3.05, 3.63) is 366 Å². The second kappa shape index (κ2) is 25.3. The van der Waals surface area contributed by atoms with Gasteiger partial charge in [-0.1, -0.05) is 194 Å². The molecule has 0 N–H and O–H groups in total. The fourth-order valence-electron chi connectivity index (χ4n) is 14.7. The van der Waals surface area contributed by atoms with Gasteiger partial charge >= 0.3 is 0 Å². The van der Waals surface area contributed by atoms with E-state index in [9.17, 15) is 5.26 Å². The van der Waals surface area contributed by atoms with Gasteiger partial charge < -0.3 is 9.13 Å². The van der Waals surface area contributed by atoms with Gasteiger partial charge in [-0.05, 0) is 176 Å². The minimum absolute atomic E-state index is 0.370. The molecule has 4 heterocycles. The Kier molecular flexibility index (Phi) is 14.9. The van der Waals surface area contributed by atoms with E-state index in [1.165, 1.54) is 0 Å². The van der Waals surface area contributed by atoms with E-state index in [1.54, 1.807) is 0 Å². The maximum absolute atomic E-state index is 9.82. The zero-order valence-electron chi connectivity index (χ0n) is 55.7. The van der Waals surface area contributed by atoms with Gasteiger partial charge in [-0.15, -0.1) is 0 Å². The zero-order chi connectivity index (χ0) is 70.8. The van der Waals surface area contributed by atoms with E-state index in [-0.39, 0.29) is 0 Å². The second-order valence-electron chi connectivity index (χ2n) is 25.7. The Bertz CT molecular complexity index is 6270. The first-order valence-electron chi connectivity index (χ1n) is 33.8. The highest BCUT2D eigenvalue weighted by atomic mass is 15.2. The third-order valence-electron chi connectivity index (χ3n) is 19.9. The Balaban J connectivity index is 0.897. The molecule has 0 aliphatic carbocycles. The monoisotopic (exact) mass is 1330 g/mol. The molecule has 0 saturated heterocycles. The van der Waals surface area contributed by atoms with Gasteiger partial charge in [-0.25, -0.2) is 29.2 Å². The van der Waals surface area contributed by atoms with E-state index in [2.05, 4.69) is 177 Å². The summed E-state index contributed by atoms with van der Waals surface area (Å²) < 4.78 is 6.73. The molecule has 18 rings (SSSR count). The molecule has 0 bridgehead atoms. The van der Waals surface area contributed by atoms with Gasteiger partial charge in [-0.2, -0.15) is 15.2 Å². The molecule has 12 nitrogen and oxygen atoms in total. The third kappa shape index (κ3) is 10.7. The van der Waals surface area contributed by atoms with Crippen LogP contribution in [0.4, 0.5) is 28.4 Å². The summed E-state index contributed by atoms with van der Waals surface area (Å²) in [5.41, 5.74) is 23.7. The van der Waals surface area contributed by atoms with Crippen molar-refractivity contribution in [2.75, 3.05) is 0 Å². The molecule has 14 aromatic carbocycles. The summed E-state index contributed by atoms with van der Waals surface area (Å²) in [6.07, 6.45) is 0. The molecule has 482 valence electrons. The lowest BCUT2D eigenvalue weighted by molar-refractivity contribution is 0.950. The number of rotatable bonds is 11. The summed E-state index contributed by atoms with van der Waals surface area (Å²) in [4.78, 5) is 35.5. The van der Waals surface area contributed by atoms with E-state index >= 15 is 0 Å². The topological polar surface area (TPSA) is 99.0 Å². The molecular formula is C93H50N12. The van der Waals surface area contributed by atoms with E-state index in [0.717, 1.165) is 155 Å². The average molecular weight is 1340 g/mol. The van der Waals surface area contributed by atoms with E-state index < -0.39 is 0 Å². The van der Waals surface area contributed by atoms with Gasteiger partial charge in [0.2, 0.25) is 5.95 Å². The molecule has 0 radical (unpaired) electrons. The first kappa shape index (κ1) is 61.7. The van der Waals surface area contributed by atoms with Crippen LogP contribution < -0.4 is 0 Å². The largest absolute Gasteiger partial charge is 0.309 e. The van der Waals surface area contributed by atoms with Crippen LogP contribution in [0.25, 0.3) is 197 Å². The summed E-state index contributed by atoms with van der Waals surface area (Å²) in [7, 11) is 0. The quantitative estimate of drug-likeness (QED) is 0.120. The van der Waals surface area contributed by atoms with Crippen LogP contribution in [0.5, 0.6) is 0 Å². The molecule has 0 aliphatic heterocycles. The van der Waals surface area contributed by atoms with Crippen LogP contribution in [0.2, 0.25) is 0 Å². The van der Waals surface area contributed by atoms with Crippen molar-refractivity contribution in [1.82, 2.24) is 28.7 Å². The van der Waals surface area contributed by atoms with Crippen molar-refractivity contribution in [1.29, 1.82) is 5.26 Å². The Morgan fingerprint density at radius 3 is 0.724 bits per heavy atom. The first-order chi connectivity index (χ1) is 51.7. The summed E-state index contributed by atoms with van der Waals surface area (Å²) in [5, 5.41) is 15.7. The Morgan fingerprint density at radius 1 is 0.248 bits per heavy atom. The van der Waals surface area contributed by atoms with Crippen LogP contribution in [0.3, 0.4) is 0 Å². The number of nitriles is 1. The molecule has 0 unspecified atom stereocenters. The van der Waals surface area contributed by atoms with Crippen LogP contribution in [-0.2, 0) is 0 Å². The summed E-state index contributed by atoms with van der Waals surface area (Å²) in [6, 6.07) is 104. The van der Waals surface area contributed by atoms with Crippen molar-refractivity contribution < 1.29 is 0 Å². The average Bonchev–Trinajstić information content (AvgIpc) is 1.58. The second-order valence-corrected chi connectivity index (χ2v) is 25.7. The SMILES string of the molecule is [C-]#[N+]c1ccc(-c2ccc3c(c2)c2cc(-c4ccc(C#N)cc4)ccc2n3-c2nc(-c3ccccc3-n3c4ccc(-c5ccc([N+]#[C-])cc5)cc4c4cc(-c5ccc([N+]#[C-])cc5)ccc43)nc(-c3ccccc3-n3c4ccc(-c5ccc([N+]#[C-])cc5)cc4c4cc(-c5ccc([N+]#[C-])cc5)ccc43)n2)cc1. The Labute approximate surface area is 603 Å². The number of nitrogens with zero attached hydrogens (tertiary/aromatic N) is 12. The minimum Gasteiger partial charge on any atom is -0.309 e. The van der Waals surface area contributed by atoms with Gasteiger partial charge in [0.05, 0.1) is 89.0 Å². The van der Waals surface area contributed by atoms with Gasteiger partial charge in [0.1, 0.15) is 0 Å². The molecule has 0 aliphatic rings. The Morgan fingerprint density at radius 2 is 0.476 bits per heavy atom. The first-order valence-corrected chi connectivity index (χ1v) is 33.8. The number of aromatic nitrogens is 6. The maximum Gasteiger partial charge on any atom is 0.238 e.